The molecule has 1 aromatic rings. The standard InChI is InChI=1S/C13H21BrN2S/c1-3-6-16(12-4-5-15-8-12)10(2)13-7-11(14)9-17-13/h7,9-10,12,15H,3-6,8H2,1-2H3. The van der Waals surface area contributed by atoms with Crippen LogP contribution in [0.5, 0.6) is 0 Å². The summed E-state index contributed by atoms with van der Waals surface area (Å²) in [5.41, 5.74) is 0. The van der Waals surface area contributed by atoms with Gasteiger partial charge in [0.05, 0.1) is 0 Å². The minimum atomic E-state index is 0.538. The van der Waals surface area contributed by atoms with Crippen molar-refractivity contribution < 1.29 is 0 Å². The molecule has 0 aliphatic carbocycles. The molecule has 1 aliphatic heterocycles. The molecule has 1 N–H and O–H groups in total. The van der Waals surface area contributed by atoms with Crippen molar-refractivity contribution in [3.8, 4) is 0 Å². The van der Waals surface area contributed by atoms with Crippen LogP contribution in [0.25, 0.3) is 0 Å². The van der Waals surface area contributed by atoms with Crippen LogP contribution in [0.2, 0.25) is 0 Å². The molecule has 2 nitrogen and oxygen atoms in total. The van der Waals surface area contributed by atoms with Crippen molar-refractivity contribution in [3.63, 3.8) is 0 Å². The lowest BCUT2D eigenvalue weighted by atomic mass is 10.1. The van der Waals surface area contributed by atoms with Crippen LogP contribution in [0.15, 0.2) is 15.9 Å². The van der Waals surface area contributed by atoms with E-state index in [0.29, 0.717) is 12.1 Å². The molecule has 0 bridgehead atoms. The SMILES string of the molecule is CCCN(C1CCNC1)C(C)c1cc(Br)cs1. The summed E-state index contributed by atoms with van der Waals surface area (Å²) in [6, 6.07) is 3.52. The van der Waals surface area contributed by atoms with Crippen molar-refractivity contribution in [1.29, 1.82) is 0 Å². The predicted molar refractivity (Wildman–Crippen MR) is 78.7 cm³/mol. The number of hydrogen-bond donors (Lipinski definition) is 1. The van der Waals surface area contributed by atoms with Gasteiger partial charge in [-0.2, -0.15) is 0 Å². The first-order valence-electron chi connectivity index (χ1n) is 6.42. The second-order valence-electron chi connectivity index (χ2n) is 4.73. The van der Waals surface area contributed by atoms with Gasteiger partial charge < -0.3 is 5.32 Å². The molecule has 0 radical (unpaired) electrons. The minimum absolute atomic E-state index is 0.538. The fourth-order valence-corrected chi connectivity index (χ4v) is 4.11. The Balaban J connectivity index is 2.08. The fraction of sp³-hybridized carbons (Fsp3) is 0.692. The van der Waals surface area contributed by atoms with Crippen LogP contribution in [0.3, 0.4) is 0 Å². The van der Waals surface area contributed by atoms with E-state index in [1.54, 1.807) is 0 Å². The molecular weight excluding hydrogens is 296 g/mol. The summed E-state index contributed by atoms with van der Waals surface area (Å²) in [7, 11) is 0. The Morgan fingerprint density at radius 1 is 1.65 bits per heavy atom. The van der Waals surface area contributed by atoms with Crippen LogP contribution in [-0.2, 0) is 0 Å². The number of thiophene rings is 1. The Morgan fingerprint density at radius 2 is 2.47 bits per heavy atom. The zero-order valence-corrected chi connectivity index (χ0v) is 13.0. The molecule has 0 aromatic carbocycles. The Bertz CT molecular complexity index is 347. The third kappa shape index (κ3) is 3.31. The average molecular weight is 317 g/mol. The molecule has 1 fully saturated rings. The summed E-state index contributed by atoms with van der Waals surface area (Å²) in [6.07, 6.45) is 2.52. The van der Waals surface area contributed by atoms with E-state index in [2.05, 4.69) is 51.4 Å². The van der Waals surface area contributed by atoms with Gasteiger partial charge in [-0.3, -0.25) is 4.90 Å². The van der Waals surface area contributed by atoms with Crippen LogP contribution in [0.1, 0.15) is 37.6 Å². The fourth-order valence-electron chi connectivity index (χ4n) is 2.58. The van der Waals surface area contributed by atoms with E-state index < -0.39 is 0 Å². The summed E-state index contributed by atoms with van der Waals surface area (Å²) >= 11 is 5.41. The first kappa shape index (κ1) is 13.5. The highest BCUT2D eigenvalue weighted by atomic mass is 79.9. The van der Waals surface area contributed by atoms with Crippen molar-refractivity contribution in [2.24, 2.45) is 0 Å². The number of halogens is 1. The summed E-state index contributed by atoms with van der Waals surface area (Å²) in [4.78, 5) is 4.13. The van der Waals surface area contributed by atoms with Gasteiger partial charge in [0.2, 0.25) is 0 Å². The quantitative estimate of drug-likeness (QED) is 0.892. The van der Waals surface area contributed by atoms with Gasteiger partial charge in [-0.05, 0) is 54.9 Å². The molecule has 2 heterocycles. The summed E-state index contributed by atoms with van der Waals surface area (Å²) in [6.45, 7) is 8.13. The number of nitrogens with one attached hydrogen (secondary N) is 1. The third-order valence-electron chi connectivity index (χ3n) is 3.48. The molecule has 1 aliphatic rings. The van der Waals surface area contributed by atoms with Gasteiger partial charge in [-0.15, -0.1) is 11.3 Å². The normalized spacial score (nSPS) is 22.2. The highest BCUT2D eigenvalue weighted by Crippen LogP contribution is 2.31. The van der Waals surface area contributed by atoms with Crippen LogP contribution < -0.4 is 5.32 Å². The van der Waals surface area contributed by atoms with E-state index in [1.807, 2.05) is 11.3 Å². The molecule has 2 unspecified atom stereocenters. The molecular formula is C13H21BrN2S. The second kappa shape index (κ2) is 6.32. The largest absolute Gasteiger partial charge is 0.315 e. The van der Waals surface area contributed by atoms with Gasteiger partial charge in [0.15, 0.2) is 0 Å². The van der Waals surface area contributed by atoms with Crippen molar-refractivity contribution in [3.05, 3.63) is 20.8 Å². The topological polar surface area (TPSA) is 15.3 Å². The molecule has 96 valence electrons. The van der Waals surface area contributed by atoms with E-state index in [1.165, 1.54) is 35.3 Å². The van der Waals surface area contributed by atoms with Crippen LogP contribution in [0, 0.1) is 0 Å². The first-order chi connectivity index (χ1) is 8.22. The van der Waals surface area contributed by atoms with E-state index in [9.17, 15) is 0 Å². The first-order valence-corrected chi connectivity index (χ1v) is 8.10. The molecule has 4 heteroatoms. The number of hydrogen-bond acceptors (Lipinski definition) is 3. The maximum Gasteiger partial charge on any atom is 0.0417 e. The lowest BCUT2D eigenvalue weighted by Crippen LogP contribution is -2.39. The van der Waals surface area contributed by atoms with Gasteiger partial charge in [0, 0.05) is 33.4 Å². The second-order valence-corrected chi connectivity index (χ2v) is 6.59. The Labute approximate surface area is 117 Å². The molecule has 17 heavy (non-hydrogen) atoms. The lowest BCUT2D eigenvalue weighted by Gasteiger charge is -2.33. The maximum atomic E-state index is 3.55. The molecule has 2 atom stereocenters. The lowest BCUT2D eigenvalue weighted by molar-refractivity contribution is 0.156. The molecule has 1 aromatic heterocycles. The monoisotopic (exact) mass is 316 g/mol. The van der Waals surface area contributed by atoms with E-state index in [4.69, 9.17) is 0 Å². The molecule has 0 amide bonds. The Morgan fingerprint density at radius 3 is 3.00 bits per heavy atom. The van der Waals surface area contributed by atoms with Crippen LogP contribution in [-0.4, -0.2) is 30.6 Å². The molecule has 2 rings (SSSR count). The highest BCUT2D eigenvalue weighted by molar-refractivity contribution is 9.10. The molecule has 0 saturated carbocycles. The van der Waals surface area contributed by atoms with E-state index >= 15 is 0 Å². The third-order valence-corrected chi connectivity index (χ3v) is 5.35. The number of rotatable bonds is 5. The van der Waals surface area contributed by atoms with Crippen LogP contribution >= 0.6 is 27.3 Å². The zero-order valence-electron chi connectivity index (χ0n) is 10.6. The van der Waals surface area contributed by atoms with Crippen LogP contribution in [0.4, 0.5) is 0 Å². The minimum Gasteiger partial charge on any atom is -0.315 e. The molecule has 0 spiro atoms. The predicted octanol–water partition coefficient (Wildman–Crippen LogP) is 3.65. The van der Waals surface area contributed by atoms with Crippen molar-refractivity contribution >= 4 is 27.3 Å². The van der Waals surface area contributed by atoms with Crippen molar-refractivity contribution in [2.75, 3.05) is 19.6 Å². The van der Waals surface area contributed by atoms with Gasteiger partial charge in [0.25, 0.3) is 0 Å². The van der Waals surface area contributed by atoms with E-state index in [-0.39, 0.29) is 0 Å². The summed E-state index contributed by atoms with van der Waals surface area (Å²) in [5, 5.41) is 5.66. The van der Waals surface area contributed by atoms with Crippen molar-refractivity contribution in [2.45, 2.75) is 38.8 Å². The molecule has 1 saturated heterocycles. The zero-order chi connectivity index (χ0) is 12.3. The Kier molecular flexibility index (Phi) is 5.03. The van der Waals surface area contributed by atoms with Gasteiger partial charge >= 0.3 is 0 Å². The van der Waals surface area contributed by atoms with E-state index in [0.717, 1.165) is 6.54 Å². The van der Waals surface area contributed by atoms with Gasteiger partial charge in [-0.1, -0.05) is 6.92 Å². The van der Waals surface area contributed by atoms with Gasteiger partial charge in [-0.25, -0.2) is 0 Å². The smallest absolute Gasteiger partial charge is 0.0417 e. The Hall–Kier alpha value is 0.1000. The maximum absolute atomic E-state index is 3.55. The average Bonchev–Trinajstić information content (AvgIpc) is 2.95. The highest BCUT2D eigenvalue weighted by Gasteiger charge is 2.26. The summed E-state index contributed by atoms with van der Waals surface area (Å²) < 4.78 is 1.21. The summed E-state index contributed by atoms with van der Waals surface area (Å²) in [5.74, 6) is 0. The van der Waals surface area contributed by atoms with Crippen molar-refractivity contribution in [1.82, 2.24) is 10.2 Å². The number of nitrogens with zero attached hydrogens (tertiary/aromatic N) is 1. The van der Waals surface area contributed by atoms with Gasteiger partial charge in [0.1, 0.15) is 0 Å².